The molecule has 4 nitrogen and oxygen atoms in total. The van der Waals surface area contributed by atoms with E-state index in [1.165, 1.54) is 6.07 Å². The van der Waals surface area contributed by atoms with Gasteiger partial charge in [0, 0.05) is 22.3 Å². The summed E-state index contributed by atoms with van der Waals surface area (Å²) in [6.07, 6.45) is -1.14. The summed E-state index contributed by atoms with van der Waals surface area (Å²) >= 11 is 0. The van der Waals surface area contributed by atoms with E-state index in [9.17, 15) is 14.4 Å². The number of carbonyl (C=O) groups is 3. The van der Waals surface area contributed by atoms with Gasteiger partial charge < -0.3 is 4.74 Å². The van der Waals surface area contributed by atoms with Gasteiger partial charge in [-0.2, -0.15) is 0 Å². The Hall–Kier alpha value is -4.31. The van der Waals surface area contributed by atoms with E-state index < -0.39 is 12.1 Å². The van der Waals surface area contributed by atoms with Crippen LogP contribution in [0.25, 0.3) is 0 Å². The fourth-order valence-electron chi connectivity index (χ4n) is 3.54. The Balaban J connectivity index is 1.68. The second-order valence-electron chi connectivity index (χ2n) is 7.67. The highest BCUT2D eigenvalue weighted by Gasteiger charge is 2.28. The molecule has 0 spiro atoms. The lowest BCUT2D eigenvalue weighted by molar-refractivity contribution is 0.0278. The van der Waals surface area contributed by atoms with Crippen LogP contribution in [0.15, 0.2) is 109 Å². The lowest BCUT2D eigenvalue weighted by Gasteiger charge is -2.18. The molecule has 0 aliphatic carbocycles. The zero-order chi connectivity index (χ0) is 23.2. The summed E-state index contributed by atoms with van der Waals surface area (Å²) < 4.78 is 5.76. The van der Waals surface area contributed by atoms with Crippen LogP contribution in [-0.2, 0) is 4.74 Å². The van der Waals surface area contributed by atoms with E-state index in [4.69, 9.17) is 4.74 Å². The first-order valence-corrected chi connectivity index (χ1v) is 10.6. The molecular formula is C29H22O4. The molecule has 4 rings (SSSR count). The van der Waals surface area contributed by atoms with Crippen LogP contribution in [0.1, 0.15) is 53.9 Å². The third kappa shape index (κ3) is 4.96. The molecule has 0 aliphatic rings. The lowest BCUT2D eigenvalue weighted by Crippen LogP contribution is -2.22. The zero-order valence-electron chi connectivity index (χ0n) is 18.1. The Morgan fingerprint density at radius 3 is 1.79 bits per heavy atom. The van der Waals surface area contributed by atoms with E-state index in [0.29, 0.717) is 16.7 Å². The van der Waals surface area contributed by atoms with Gasteiger partial charge in [-0.05, 0) is 13.0 Å². The van der Waals surface area contributed by atoms with Crippen molar-refractivity contribution in [1.29, 1.82) is 0 Å². The van der Waals surface area contributed by atoms with Crippen LogP contribution in [0.4, 0.5) is 0 Å². The van der Waals surface area contributed by atoms with Crippen LogP contribution < -0.4 is 0 Å². The van der Waals surface area contributed by atoms with Gasteiger partial charge in [0.15, 0.2) is 11.9 Å². The molecule has 0 bridgehead atoms. The zero-order valence-corrected chi connectivity index (χ0v) is 18.1. The number of benzene rings is 4. The van der Waals surface area contributed by atoms with Crippen LogP contribution in [0.2, 0.25) is 0 Å². The molecule has 33 heavy (non-hydrogen) atoms. The molecule has 0 unspecified atom stereocenters. The minimum absolute atomic E-state index is 0.115. The van der Waals surface area contributed by atoms with Gasteiger partial charge in [0.25, 0.3) is 0 Å². The fourth-order valence-corrected chi connectivity index (χ4v) is 3.54. The number of ketones is 2. The molecular weight excluding hydrogens is 412 g/mol. The van der Waals surface area contributed by atoms with Crippen LogP contribution >= 0.6 is 0 Å². The van der Waals surface area contributed by atoms with Crippen molar-refractivity contribution in [2.45, 2.75) is 13.0 Å². The summed E-state index contributed by atoms with van der Waals surface area (Å²) in [5.41, 5.74) is 2.83. The summed E-state index contributed by atoms with van der Waals surface area (Å²) in [6.45, 7) is 1.93. The highest BCUT2D eigenvalue weighted by Crippen LogP contribution is 2.26. The molecule has 4 aromatic rings. The topological polar surface area (TPSA) is 60.4 Å². The second-order valence-corrected chi connectivity index (χ2v) is 7.67. The van der Waals surface area contributed by atoms with Crippen molar-refractivity contribution in [3.05, 3.63) is 143 Å². The third-order valence-electron chi connectivity index (χ3n) is 5.33. The van der Waals surface area contributed by atoms with Gasteiger partial charge in [0.1, 0.15) is 0 Å². The summed E-state index contributed by atoms with van der Waals surface area (Å²) in [6, 6.07) is 31.2. The molecule has 0 heterocycles. The van der Waals surface area contributed by atoms with Gasteiger partial charge in [-0.25, -0.2) is 4.79 Å². The Kier molecular flexibility index (Phi) is 6.56. The molecule has 0 saturated carbocycles. The maximum Gasteiger partial charge on any atom is 0.339 e. The van der Waals surface area contributed by atoms with Crippen LogP contribution in [0.3, 0.4) is 0 Å². The number of aryl methyl sites for hydroxylation is 1. The number of ether oxygens (including phenoxy) is 1. The summed E-state index contributed by atoms with van der Waals surface area (Å²) in [4.78, 5) is 39.6. The van der Waals surface area contributed by atoms with Crippen molar-refractivity contribution in [3.63, 3.8) is 0 Å². The van der Waals surface area contributed by atoms with Crippen molar-refractivity contribution in [2.75, 3.05) is 0 Å². The Morgan fingerprint density at radius 1 is 0.606 bits per heavy atom. The molecule has 1 atom stereocenters. The van der Waals surface area contributed by atoms with Crippen LogP contribution in [0.5, 0.6) is 0 Å². The average Bonchev–Trinajstić information content (AvgIpc) is 2.88. The van der Waals surface area contributed by atoms with Gasteiger partial charge in [-0.15, -0.1) is 0 Å². The molecule has 0 saturated heterocycles. The van der Waals surface area contributed by atoms with E-state index in [2.05, 4.69) is 0 Å². The predicted molar refractivity (Wildman–Crippen MR) is 126 cm³/mol. The highest BCUT2D eigenvalue weighted by atomic mass is 16.5. The van der Waals surface area contributed by atoms with E-state index in [0.717, 1.165) is 5.56 Å². The summed E-state index contributed by atoms with van der Waals surface area (Å²) in [5, 5.41) is 0. The molecule has 0 N–H and O–H groups in total. The minimum atomic E-state index is -1.14. The van der Waals surface area contributed by atoms with E-state index in [1.54, 1.807) is 78.9 Å². The SMILES string of the molecule is Cc1ccc(C(=O)[C@H](OC(=O)c2ccccc2C(=O)c2ccccc2)c2ccccc2)cc1. The lowest BCUT2D eigenvalue weighted by atomic mass is 9.97. The first kappa shape index (κ1) is 21.9. The maximum absolute atomic E-state index is 13.3. The van der Waals surface area contributed by atoms with Crippen LogP contribution in [-0.4, -0.2) is 17.5 Å². The Labute approximate surface area is 192 Å². The van der Waals surface area contributed by atoms with Crippen molar-refractivity contribution in [2.24, 2.45) is 0 Å². The predicted octanol–water partition coefficient (Wildman–Crippen LogP) is 6.01. The number of hydrogen-bond acceptors (Lipinski definition) is 4. The molecule has 162 valence electrons. The first-order chi connectivity index (χ1) is 16.0. The largest absolute Gasteiger partial charge is 0.445 e. The smallest absolute Gasteiger partial charge is 0.339 e. The van der Waals surface area contributed by atoms with Gasteiger partial charge in [0.05, 0.1) is 5.56 Å². The summed E-state index contributed by atoms with van der Waals surface area (Å²) in [7, 11) is 0. The van der Waals surface area contributed by atoms with Crippen molar-refractivity contribution in [1.82, 2.24) is 0 Å². The maximum atomic E-state index is 13.3. The second kappa shape index (κ2) is 9.88. The van der Waals surface area contributed by atoms with E-state index in [1.807, 2.05) is 31.2 Å². The van der Waals surface area contributed by atoms with Crippen molar-refractivity contribution < 1.29 is 19.1 Å². The standard InChI is InChI=1S/C29H22O4/c1-20-16-18-22(19-17-20)27(31)28(23-12-6-3-7-13-23)33-29(32)25-15-9-8-14-24(25)26(30)21-10-4-2-5-11-21/h2-19,28H,1H3/t28-/m1/s1. The number of rotatable bonds is 7. The van der Waals surface area contributed by atoms with Gasteiger partial charge >= 0.3 is 5.97 Å². The Morgan fingerprint density at radius 2 is 1.15 bits per heavy atom. The fraction of sp³-hybridized carbons (Fsp3) is 0.0690. The van der Waals surface area contributed by atoms with Gasteiger partial charge in [0.2, 0.25) is 5.78 Å². The summed E-state index contributed by atoms with van der Waals surface area (Å²) in [5.74, 6) is -1.35. The average molecular weight is 434 g/mol. The minimum Gasteiger partial charge on any atom is -0.445 e. The van der Waals surface area contributed by atoms with Gasteiger partial charge in [-0.1, -0.05) is 109 Å². The molecule has 0 aromatic heterocycles. The van der Waals surface area contributed by atoms with Crippen molar-refractivity contribution >= 4 is 17.5 Å². The number of Topliss-reactive ketones (excluding diaryl/α,β-unsaturated/α-hetero) is 1. The van der Waals surface area contributed by atoms with Crippen LogP contribution in [0, 0.1) is 6.92 Å². The quantitative estimate of drug-likeness (QED) is 0.264. The molecule has 0 radical (unpaired) electrons. The molecule has 0 fully saturated rings. The number of esters is 1. The molecule has 4 aromatic carbocycles. The van der Waals surface area contributed by atoms with Crippen molar-refractivity contribution in [3.8, 4) is 0 Å². The number of carbonyl (C=O) groups excluding carboxylic acids is 3. The molecule has 0 aliphatic heterocycles. The normalized spacial score (nSPS) is 11.4. The highest BCUT2D eigenvalue weighted by molar-refractivity contribution is 6.14. The molecule has 4 heteroatoms. The molecule has 0 amide bonds. The first-order valence-electron chi connectivity index (χ1n) is 10.6. The third-order valence-corrected chi connectivity index (χ3v) is 5.33. The van der Waals surface area contributed by atoms with E-state index >= 15 is 0 Å². The number of hydrogen-bond donors (Lipinski definition) is 0. The Bertz CT molecular complexity index is 1280. The van der Waals surface area contributed by atoms with E-state index in [-0.39, 0.29) is 22.7 Å². The van der Waals surface area contributed by atoms with Gasteiger partial charge in [-0.3, -0.25) is 9.59 Å². The monoisotopic (exact) mass is 434 g/mol.